The maximum absolute atomic E-state index is 13.1. The molecule has 0 radical (unpaired) electrons. The molecule has 190 valence electrons. The van der Waals surface area contributed by atoms with Crippen molar-refractivity contribution in [2.45, 2.75) is 0 Å². The minimum Gasteiger partial charge on any atom is -0.454 e. The van der Waals surface area contributed by atoms with Gasteiger partial charge >= 0.3 is 6.09 Å². The Balaban J connectivity index is 1.29. The highest BCUT2D eigenvalue weighted by Gasteiger charge is 2.27. The number of rotatable bonds is 4. The molecule has 2 aromatic rings. The molecule has 2 aromatic carbocycles. The second-order valence-electron chi connectivity index (χ2n) is 8.74. The molecule has 0 aromatic heterocycles. The van der Waals surface area contributed by atoms with Crippen molar-refractivity contribution in [1.29, 1.82) is 0 Å². The first-order chi connectivity index (χ1) is 17.5. The number of nitrogens with one attached hydrogen (secondary N) is 2. The zero-order valence-corrected chi connectivity index (χ0v) is 20.1. The lowest BCUT2D eigenvalue weighted by Gasteiger charge is -2.37. The summed E-state index contributed by atoms with van der Waals surface area (Å²) < 4.78 is 15.5. The van der Waals surface area contributed by atoms with E-state index < -0.39 is 6.09 Å². The largest absolute Gasteiger partial charge is 0.454 e. The Hall–Kier alpha value is -3.99. The van der Waals surface area contributed by atoms with E-state index >= 15 is 0 Å². The minimum absolute atomic E-state index is 0.0715. The van der Waals surface area contributed by atoms with Crippen molar-refractivity contribution in [3.63, 3.8) is 0 Å². The number of amides is 3. The van der Waals surface area contributed by atoms with Crippen molar-refractivity contribution in [3.05, 3.63) is 47.5 Å². The van der Waals surface area contributed by atoms with E-state index in [4.69, 9.17) is 14.2 Å². The number of fused-ring (bicyclic) bond motifs is 1. The van der Waals surface area contributed by atoms with Crippen molar-refractivity contribution in [2.75, 3.05) is 76.5 Å². The standard InChI is InChI=1S/C25H29N5O6/c1-34-25(33)27-19-14-17(23(31)29-8-6-26-7-9-29)2-4-20(19)28-10-12-30(13-11-28)24(32)18-3-5-21-22(15-18)36-16-35-21/h2-5,14-15,26H,6-13,16H2,1H3,(H,27,33). The Labute approximate surface area is 208 Å². The molecule has 5 rings (SSSR count). The Morgan fingerprint density at radius 2 is 1.47 bits per heavy atom. The van der Waals surface area contributed by atoms with Gasteiger partial charge in [-0.15, -0.1) is 0 Å². The number of carbonyl (C=O) groups excluding carboxylic acids is 3. The molecule has 2 saturated heterocycles. The molecular formula is C25H29N5O6. The molecule has 0 spiro atoms. The number of hydrogen-bond acceptors (Lipinski definition) is 8. The first-order valence-electron chi connectivity index (χ1n) is 12.0. The van der Waals surface area contributed by atoms with Crippen LogP contribution in [-0.4, -0.2) is 94.0 Å². The molecule has 3 aliphatic rings. The van der Waals surface area contributed by atoms with Gasteiger partial charge in [0, 0.05) is 63.5 Å². The molecule has 0 atom stereocenters. The summed E-state index contributed by atoms with van der Waals surface area (Å²) in [7, 11) is 1.30. The molecule has 11 nitrogen and oxygen atoms in total. The molecule has 3 amide bonds. The third kappa shape index (κ3) is 4.87. The molecule has 11 heteroatoms. The number of anilines is 2. The van der Waals surface area contributed by atoms with E-state index in [0.717, 1.165) is 18.8 Å². The van der Waals surface area contributed by atoms with Crippen molar-refractivity contribution in [1.82, 2.24) is 15.1 Å². The van der Waals surface area contributed by atoms with Crippen LogP contribution in [0.2, 0.25) is 0 Å². The fourth-order valence-corrected chi connectivity index (χ4v) is 4.62. The Bertz CT molecular complexity index is 1160. The zero-order valence-electron chi connectivity index (χ0n) is 20.1. The second-order valence-corrected chi connectivity index (χ2v) is 8.74. The molecule has 2 N–H and O–H groups in total. The number of piperazine rings is 2. The summed E-state index contributed by atoms with van der Waals surface area (Å²) in [6, 6.07) is 10.5. The molecule has 0 saturated carbocycles. The quantitative estimate of drug-likeness (QED) is 0.658. The van der Waals surface area contributed by atoms with Crippen LogP contribution >= 0.6 is 0 Å². The predicted molar refractivity (Wildman–Crippen MR) is 132 cm³/mol. The van der Waals surface area contributed by atoms with Crippen molar-refractivity contribution in [3.8, 4) is 11.5 Å². The van der Waals surface area contributed by atoms with Gasteiger partial charge in [-0.2, -0.15) is 0 Å². The van der Waals surface area contributed by atoms with Gasteiger partial charge in [0.15, 0.2) is 11.5 Å². The minimum atomic E-state index is -0.611. The highest BCUT2D eigenvalue weighted by Crippen LogP contribution is 2.33. The monoisotopic (exact) mass is 495 g/mol. The van der Waals surface area contributed by atoms with E-state index in [9.17, 15) is 14.4 Å². The van der Waals surface area contributed by atoms with Crippen LogP contribution in [0.3, 0.4) is 0 Å². The van der Waals surface area contributed by atoms with Crippen molar-refractivity contribution in [2.24, 2.45) is 0 Å². The summed E-state index contributed by atoms with van der Waals surface area (Å²) in [4.78, 5) is 43.8. The fraction of sp³-hybridized carbons (Fsp3) is 0.400. The van der Waals surface area contributed by atoms with E-state index in [1.165, 1.54) is 7.11 Å². The predicted octanol–water partition coefficient (Wildman–Crippen LogP) is 1.60. The van der Waals surface area contributed by atoms with E-state index in [1.807, 2.05) is 6.07 Å². The molecule has 36 heavy (non-hydrogen) atoms. The fourth-order valence-electron chi connectivity index (χ4n) is 4.62. The number of carbonyl (C=O) groups is 3. The Kier molecular flexibility index (Phi) is 6.81. The van der Waals surface area contributed by atoms with Gasteiger partial charge in [-0.25, -0.2) is 4.79 Å². The van der Waals surface area contributed by atoms with Crippen molar-refractivity contribution < 1.29 is 28.6 Å². The first kappa shape index (κ1) is 23.7. The van der Waals surface area contributed by atoms with Gasteiger partial charge in [-0.3, -0.25) is 14.9 Å². The molecule has 0 unspecified atom stereocenters. The van der Waals surface area contributed by atoms with Crippen LogP contribution in [0.4, 0.5) is 16.2 Å². The highest BCUT2D eigenvalue weighted by atomic mass is 16.7. The average Bonchev–Trinajstić information content (AvgIpc) is 3.41. The lowest BCUT2D eigenvalue weighted by molar-refractivity contribution is 0.0731. The van der Waals surface area contributed by atoms with Crippen LogP contribution in [-0.2, 0) is 4.74 Å². The summed E-state index contributed by atoms with van der Waals surface area (Å²) >= 11 is 0. The van der Waals surface area contributed by atoms with Crippen LogP contribution < -0.4 is 25.0 Å². The van der Waals surface area contributed by atoms with Gasteiger partial charge in [0.2, 0.25) is 6.79 Å². The summed E-state index contributed by atoms with van der Waals surface area (Å²) in [6.45, 7) is 5.10. The topological polar surface area (TPSA) is 113 Å². The summed E-state index contributed by atoms with van der Waals surface area (Å²) in [5, 5.41) is 5.98. The third-order valence-electron chi connectivity index (χ3n) is 6.60. The number of nitrogens with zero attached hydrogens (tertiary/aromatic N) is 3. The molecule has 2 fully saturated rings. The Morgan fingerprint density at radius 1 is 0.833 bits per heavy atom. The maximum atomic E-state index is 13.1. The average molecular weight is 496 g/mol. The zero-order chi connectivity index (χ0) is 25.1. The number of benzene rings is 2. The number of methoxy groups -OCH3 is 1. The Morgan fingerprint density at radius 3 is 2.19 bits per heavy atom. The van der Waals surface area contributed by atoms with Crippen LogP contribution in [0.5, 0.6) is 11.5 Å². The van der Waals surface area contributed by atoms with E-state index in [1.54, 1.807) is 40.1 Å². The lowest BCUT2D eigenvalue weighted by Crippen LogP contribution is -2.49. The van der Waals surface area contributed by atoms with E-state index in [0.29, 0.717) is 67.6 Å². The SMILES string of the molecule is COC(=O)Nc1cc(C(=O)N2CCNCC2)ccc1N1CCN(C(=O)c2ccc3c(c2)OCO3)CC1. The smallest absolute Gasteiger partial charge is 0.411 e. The van der Waals surface area contributed by atoms with E-state index in [-0.39, 0.29) is 18.6 Å². The van der Waals surface area contributed by atoms with Crippen LogP contribution in [0.25, 0.3) is 0 Å². The molecule has 0 bridgehead atoms. The molecule has 0 aliphatic carbocycles. The molecule has 3 heterocycles. The maximum Gasteiger partial charge on any atom is 0.411 e. The van der Waals surface area contributed by atoms with Crippen molar-refractivity contribution >= 4 is 29.3 Å². The number of hydrogen-bond donors (Lipinski definition) is 2. The molecular weight excluding hydrogens is 466 g/mol. The highest BCUT2D eigenvalue weighted by molar-refractivity contribution is 5.99. The third-order valence-corrected chi connectivity index (χ3v) is 6.60. The summed E-state index contributed by atoms with van der Waals surface area (Å²) in [6.07, 6.45) is -0.611. The normalized spacial score (nSPS) is 17.1. The lowest BCUT2D eigenvalue weighted by atomic mass is 10.1. The summed E-state index contributed by atoms with van der Waals surface area (Å²) in [5.41, 5.74) is 2.33. The van der Waals surface area contributed by atoms with Crippen LogP contribution in [0.15, 0.2) is 36.4 Å². The van der Waals surface area contributed by atoms with Gasteiger partial charge in [0.25, 0.3) is 11.8 Å². The second kappa shape index (κ2) is 10.3. The van der Waals surface area contributed by atoms with Gasteiger partial charge in [-0.1, -0.05) is 0 Å². The van der Waals surface area contributed by atoms with E-state index in [2.05, 4.69) is 15.5 Å². The van der Waals surface area contributed by atoms with Gasteiger partial charge < -0.3 is 34.2 Å². The summed E-state index contributed by atoms with van der Waals surface area (Å²) in [5.74, 6) is 1.07. The van der Waals surface area contributed by atoms with Gasteiger partial charge in [0.05, 0.1) is 18.5 Å². The van der Waals surface area contributed by atoms with Crippen LogP contribution in [0, 0.1) is 0 Å². The van der Waals surface area contributed by atoms with Gasteiger partial charge in [-0.05, 0) is 36.4 Å². The van der Waals surface area contributed by atoms with Gasteiger partial charge in [0.1, 0.15) is 0 Å². The molecule has 3 aliphatic heterocycles. The first-order valence-corrected chi connectivity index (χ1v) is 12.0. The van der Waals surface area contributed by atoms with Crippen LogP contribution in [0.1, 0.15) is 20.7 Å². The number of ether oxygens (including phenoxy) is 3.